The van der Waals surface area contributed by atoms with E-state index in [4.69, 9.17) is 5.11 Å². The maximum absolute atomic E-state index is 14.6. The fraction of sp³-hybridized carbons (Fsp3) is 0.316. The van der Waals surface area contributed by atoms with Crippen molar-refractivity contribution in [3.63, 3.8) is 0 Å². The first-order valence-corrected chi connectivity index (χ1v) is 8.32. The second-order valence-electron chi connectivity index (χ2n) is 6.75. The number of benzene rings is 1. The Labute approximate surface area is 144 Å². The largest absolute Gasteiger partial charge is 0.477 e. The minimum Gasteiger partial charge on any atom is -0.477 e. The van der Waals surface area contributed by atoms with Gasteiger partial charge in [0, 0.05) is 23.7 Å². The number of pyridine rings is 1. The molecule has 2 aliphatic rings. The van der Waals surface area contributed by atoms with E-state index in [1.54, 1.807) is 17.0 Å². The average Bonchev–Trinajstić information content (AvgIpc) is 3.21. The van der Waals surface area contributed by atoms with E-state index < -0.39 is 5.97 Å². The number of carboxylic acid groups (broad SMARTS) is 1. The topological polar surface area (TPSA) is 70.5 Å². The van der Waals surface area contributed by atoms with E-state index in [9.17, 15) is 14.0 Å². The molecule has 25 heavy (non-hydrogen) atoms. The van der Waals surface area contributed by atoms with Crippen molar-refractivity contribution in [1.29, 1.82) is 0 Å². The Kier molecular flexibility index (Phi) is 3.56. The maximum Gasteiger partial charge on any atom is 0.354 e. The molecule has 2 heterocycles. The molecule has 1 spiro atoms. The van der Waals surface area contributed by atoms with E-state index in [1.165, 1.54) is 24.4 Å². The van der Waals surface area contributed by atoms with Crippen molar-refractivity contribution in [3.8, 4) is 0 Å². The van der Waals surface area contributed by atoms with Gasteiger partial charge >= 0.3 is 5.97 Å². The van der Waals surface area contributed by atoms with Crippen molar-refractivity contribution in [2.75, 3.05) is 11.4 Å². The number of carbonyl (C=O) groups excluding carboxylic acids is 1. The molecule has 4 rings (SSSR count). The number of carbonyl (C=O) groups is 2. The number of nitrogens with zero attached hydrogens (tertiary/aromatic N) is 2. The van der Waals surface area contributed by atoms with E-state index in [-0.39, 0.29) is 22.8 Å². The third kappa shape index (κ3) is 2.40. The molecule has 0 unspecified atom stereocenters. The quantitative estimate of drug-likeness (QED) is 0.910. The lowest BCUT2D eigenvalue weighted by molar-refractivity contribution is 0.0690. The van der Waals surface area contributed by atoms with Gasteiger partial charge in [0.15, 0.2) is 0 Å². The fourth-order valence-corrected chi connectivity index (χ4v) is 4.17. The molecule has 1 aliphatic heterocycles. The van der Waals surface area contributed by atoms with Crippen molar-refractivity contribution >= 4 is 17.6 Å². The molecule has 0 bridgehead atoms. The summed E-state index contributed by atoms with van der Waals surface area (Å²) in [5.41, 5.74) is 1.15. The predicted octanol–water partition coefficient (Wildman–Crippen LogP) is 3.39. The summed E-state index contributed by atoms with van der Waals surface area (Å²) in [7, 11) is 0. The first kappa shape index (κ1) is 15.7. The van der Waals surface area contributed by atoms with Crippen molar-refractivity contribution in [2.24, 2.45) is 0 Å². The molecule has 1 aliphatic carbocycles. The highest BCUT2D eigenvalue weighted by Gasteiger charge is 2.48. The van der Waals surface area contributed by atoms with Gasteiger partial charge in [-0.1, -0.05) is 18.9 Å². The summed E-state index contributed by atoms with van der Waals surface area (Å²) in [6, 6.07) is 7.62. The van der Waals surface area contributed by atoms with Crippen LogP contribution in [0.1, 0.15) is 52.1 Å². The van der Waals surface area contributed by atoms with Crippen LogP contribution >= 0.6 is 0 Å². The first-order chi connectivity index (χ1) is 12.0. The van der Waals surface area contributed by atoms with Gasteiger partial charge in [-0.2, -0.15) is 0 Å². The van der Waals surface area contributed by atoms with Gasteiger partial charge in [0.2, 0.25) is 0 Å². The van der Waals surface area contributed by atoms with Gasteiger partial charge in [0.1, 0.15) is 11.5 Å². The van der Waals surface area contributed by atoms with Crippen molar-refractivity contribution in [2.45, 2.75) is 31.1 Å². The van der Waals surface area contributed by atoms with Gasteiger partial charge in [0.25, 0.3) is 5.91 Å². The zero-order chi connectivity index (χ0) is 17.6. The highest BCUT2D eigenvalue weighted by molar-refractivity contribution is 6.07. The summed E-state index contributed by atoms with van der Waals surface area (Å²) in [6.45, 7) is 0.461. The van der Waals surface area contributed by atoms with Crippen LogP contribution in [0.4, 0.5) is 10.1 Å². The highest BCUT2D eigenvalue weighted by atomic mass is 19.1. The number of halogens is 1. The van der Waals surface area contributed by atoms with Gasteiger partial charge in [-0.25, -0.2) is 14.2 Å². The molecule has 1 amide bonds. The smallest absolute Gasteiger partial charge is 0.354 e. The molecule has 1 aromatic heterocycles. The van der Waals surface area contributed by atoms with Gasteiger partial charge in [-0.15, -0.1) is 0 Å². The lowest BCUT2D eigenvalue weighted by Gasteiger charge is -2.24. The fourth-order valence-electron chi connectivity index (χ4n) is 4.17. The minimum atomic E-state index is -1.14. The predicted molar refractivity (Wildman–Crippen MR) is 89.4 cm³/mol. The molecule has 5 nitrogen and oxygen atoms in total. The number of hydrogen-bond donors (Lipinski definition) is 1. The summed E-state index contributed by atoms with van der Waals surface area (Å²) in [4.78, 5) is 29.3. The molecule has 1 saturated carbocycles. The van der Waals surface area contributed by atoms with Crippen LogP contribution in [0, 0.1) is 5.82 Å². The van der Waals surface area contributed by atoms with Crippen LogP contribution in [0.5, 0.6) is 0 Å². The number of anilines is 1. The molecule has 1 N–H and O–H groups in total. The number of fused-ring (bicyclic) bond motifs is 2. The normalized spacial score (nSPS) is 17.7. The number of aromatic carboxylic acids is 1. The highest BCUT2D eigenvalue weighted by Crippen LogP contribution is 2.51. The summed E-state index contributed by atoms with van der Waals surface area (Å²) in [6.07, 6.45) is 5.08. The summed E-state index contributed by atoms with van der Waals surface area (Å²) >= 11 is 0. The molecular formula is C19H17FN2O3. The lowest BCUT2D eigenvalue weighted by Crippen LogP contribution is -2.35. The maximum atomic E-state index is 14.6. The Morgan fingerprint density at radius 3 is 2.56 bits per heavy atom. The zero-order valence-corrected chi connectivity index (χ0v) is 13.5. The van der Waals surface area contributed by atoms with Crippen LogP contribution in [0.3, 0.4) is 0 Å². The van der Waals surface area contributed by atoms with Crippen LogP contribution in [0.15, 0.2) is 36.5 Å². The minimum absolute atomic E-state index is 0.114. The van der Waals surface area contributed by atoms with E-state index >= 15 is 0 Å². The van der Waals surface area contributed by atoms with Gasteiger partial charge in [-0.3, -0.25) is 4.79 Å². The number of rotatable bonds is 2. The summed E-state index contributed by atoms with van der Waals surface area (Å²) < 4.78 is 14.6. The molecular weight excluding hydrogens is 323 g/mol. The molecule has 2 aromatic rings. The Morgan fingerprint density at radius 1 is 1.16 bits per heavy atom. The summed E-state index contributed by atoms with van der Waals surface area (Å²) in [5.74, 6) is -1.67. The molecule has 6 heteroatoms. The van der Waals surface area contributed by atoms with Gasteiger partial charge < -0.3 is 10.0 Å². The van der Waals surface area contributed by atoms with Crippen LogP contribution in [-0.2, 0) is 5.41 Å². The molecule has 0 radical (unpaired) electrons. The number of aromatic nitrogens is 1. The zero-order valence-electron chi connectivity index (χ0n) is 13.5. The monoisotopic (exact) mass is 340 g/mol. The standard InChI is InChI=1S/C19H17FN2O3/c20-13-4-3-5-15-16(13)19(8-1-2-9-19)11-22(15)17(23)12-6-7-14(18(24)25)21-10-12/h3-7,10H,1-2,8-9,11H2,(H,24,25). The third-order valence-electron chi connectivity index (χ3n) is 5.31. The van der Waals surface area contributed by atoms with E-state index in [1.807, 2.05) is 0 Å². The number of carboxylic acids is 1. The van der Waals surface area contributed by atoms with Crippen molar-refractivity contribution in [3.05, 3.63) is 59.2 Å². The van der Waals surface area contributed by atoms with Crippen molar-refractivity contribution in [1.82, 2.24) is 4.98 Å². The second kappa shape index (κ2) is 5.65. The van der Waals surface area contributed by atoms with Crippen LogP contribution in [-0.4, -0.2) is 28.5 Å². The van der Waals surface area contributed by atoms with E-state index in [0.717, 1.165) is 25.7 Å². The van der Waals surface area contributed by atoms with Gasteiger partial charge in [-0.05, 0) is 37.1 Å². The Morgan fingerprint density at radius 2 is 1.92 bits per heavy atom. The summed E-state index contributed by atoms with van der Waals surface area (Å²) in [5, 5.41) is 8.93. The third-order valence-corrected chi connectivity index (χ3v) is 5.31. The van der Waals surface area contributed by atoms with Crippen LogP contribution in [0.25, 0.3) is 0 Å². The lowest BCUT2D eigenvalue weighted by atomic mass is 9.80. The van der Waals surface area contributed by atoms with Crippen LogP contribution < -0.4 is 4.90 Å². The average molecular weight is 340 g/mol. The number of hydrogen-bond acceptors (Lipinski definition) is 3. The Balaban J connectivity index is 1.73. The second-order valence-corrected chi connectivity index (χ2v) is 6.75. The van der Waals surface area contributed by atoms with Crippen molar-refractivity contribution < 1.29 is 19.1 Å². The Hall–Kier alpha value is -2.76. The molecule has 0 atom stereocenters. The SMILES string of the molecule is O=C(O)c1ccc(C(=O)N2CC3(CCCC3)c3c(F)cccc32)cn1. The molecule has 1 fully saturated rings. The number of amides is 1. The van der Waals surface area contributed by atoms with E-state index in [0.29, 0.717) is 23.4 Å². The molecule has 1 aromatic carbocycles. The van der Waals surface area contributed by atoms with Crippen LogP contribution in [0.2, 0.25) is 0 Å². The molecule has 128 valence electrons. The van der Waals surface area contributed by atoms with E-state index in [2.05, 4.69) is 4.98 Å². The first-order valence-electron chi connectivity index (χ1n) is 8.32. The molecule has 0 saturated heterocycles. The van der Waals surface area contributed by atoms with Gasteiger partial charge in [0.05, 0.1) is 11.3 Å². The Bertz CT molecular complexity index is 857.